The second-order valence-electron chi connectivity index (χ2n) is 5.02. The van der Waals surface area contributed by atoms with Crippen molar-refractivity contribution in [2.24, 2.45) is 17.6 Å². The van der Waals surface area contributed by atoms with Gasteiger partial charge in [0, 0.05) is 18.9 Å². The molecule has 1 aliphatic heterocycles. The Bertz CT molecular complexity index is 592. The third kappa shape index (κ3) is 2.58. The molecule has 1 aliphatic carbocycles. The summed E-state index contributed by atoms with van der Waals surface area (Å²) in [5, 5.41) is 19.2. The lowest BCUT2D eigenvalue weighted by molar-refractivity contribution is -0.148. The van der Waals surface area contributed by atoms with Crippen LogP contribution in [0.5, 0.6) is 0 Å². The van der Waals surface area contributed by atoms with E-state index in [0.717, 1.165) is 0 Å². The lowest BCUT2D eigenvalue weighted by Crippen LogP contribution is -2.59. The van der Waals surface area contributed by atoms with Gasteiger partial charge in [0.2, 0.25) is 5.91 Å². The molecule has 2 rings (SSSR count). The summed E-state index contributed by atoms with van der Waals surface area (Å²) in [5.74, 6) is -6.83. The molecule has 1 saturated heterocycles. The fourth-order valence-corrected chi connectivity index (χ4v) is 5.65. The van der Waals surface area contributed by atoms with Crippen molar-refractivity contribution in [2.45, 2.75) is 17.2 Å². The summed E-state index contributed by atoms with van der Waals surface area (Å²) in [5.41, 5.74) is 3.11. The number of fused-ring (bicyclic) bond motifs is 1. The van der Waals surface area contributed by atoms with Crippen molar-refractivity contribution in [1.82, 2.24) is 5.32 Å². The highest BCUT2D eigenvalue weighted by Gasteiger charge is 2.79. The Morgan fingerprint density at radius 1 is 1.29 bits per heavy atom. The Kier molecular flexibility index (Phi) is 4.56. The molecule has 21 heavy (non-hydrogen) atoms. The molecular weight excluding hydrogens is 328 g/mol. The summed E-state index contributed by atoms with van der Waals surface area (Å²) >= 11 is 0. The summed E-state index contributed by atoms with van der Waals surface area (Å²) in [6, 6.07) is 0. The monoisotopic (exact) mass is 342 g/mol. The van der Waals surface area contributed by atoms with E-state index < -0.39 is 56.1 Å². The number of carbonyl (C=O) groups is 3. The van der Waals surface area contributed by atoms with Gasteiger partial charge >= 0.3 is 11.9 Å². The van der Waals surface area contributed by atoms with Crippen molar-refractivity contribution >= 4 is 40.1 Å². The highest BCUT2D eigenvalue weighted by molar-refractivity contribution is 7.92. The number of carbonyl (C=O) groups excluding carboxylic acids is 1. The number of aliphatic carboxylic acids is 2. The third-order valence-corrected chi connectivity index (χ3v) is 6.04. The molecule has 2 fully saturated rings. The van der Waals surface area contributed by atoms with Gasteiger partial charge in [-0.3, -0.25) is 9.59 Å². The van der Waals surface area contributed by atoms with Crippen LogP contribution in [0, 0.1) is 11.8 Å². The van der Waals surface area contributed by atoms with Crippen LogP contribution in [0.25, 0.3) is 0 Å². The number of halogens is 1. The number of nitrogens with one attached hydrogen (secondary N) is 1. The first-order valence-corrected chi connectivity index (χ1v) is 7.58. The summed E-state index contributed by atoms with van der Waals surface area (Å²) in [6.07, 6.45) is -0.162. The second-order valence-corrected chi connectivity index (χ2v) is 7.18. The third-order valence-electron chi connectivity index (χ3n) is 3.77. The number of hydrogen-bond donors (Lipinski definition) is 4. The molecule has 2 aliphatic rings. The predicted octanol–water partition coefficient (Wildman–Crippen LogP) is -2.18. The van der Waals surface area contributed by atoms with Gasteiger partial charge in [-0.25, -0.2) is 13.2 Å². The van der Waals surface area contributed by atoms with Crippen molar-refractivity contribution in [3.63, 3.8) is 0 Å². The van der Waals surface area contributed by atoms with Gasteiger partial charge in [-0.1, -0.05) is 0 Å². The summed E-state index contributed by atoms with van der Waals surface area (Å²) < 4.78 is 23.7. The smallest absolute Gasteiger partial charge is 0.330 e. The minimum Gasteiger partial charge on any atom is -0.481 e. The second kappa shape index (κ2) is 5.43. The zero-order valence-corrected chi connectivity index (χ0v) is 12.3. The van der Waals surface area contributed by atoms with Crippen molar-refractivity contribution in [2.75, 3.05) is 12.3 Å². The van der Waals surface area contributed by atoms with E-state index >= 15 is 0 Å². The van der Waals surface area contributed by atoms with E-state index in [0.29, 0.717) is 0 Å². The molecule has 1 heterocycles. The Morgan fingerprint density at radius 3 is 2.24 bits per heavy atom. The summed E-state index contributed by atoms with van der Waals surface area (Å²) in [6.45, 7) is -0.0231. The van der Waals surface area contributed by atoms with Crippen LogP contribution >= 0.6 is 12.4 Å². The molecule has 0 radical (unpaired) electrons. The lowest BCUT2D eigenvalue weighted by Gasteiger charge is -2.27. The zero-order valence-electron chi connectivity index (χ0n) is 10.7. The molecule has 11 heteroatoms. The van der Waals surface area contributed by atoms with Crippen LogP contribution in [0.3, 0.4) is 0 Å². The number of carboxylic acid groups (broad SMARTS) is 2. The molecule has 0 aromatic rings. The molecule has 0 spiro atoms. The van der Waals surface area contributed by atoms with Gasteiger partial charge in [0.1, 0.15) is 0 Å². The highest BCUT2D eigenvalue weighted by Crippen LogP contribution is 2.57. The van der Waals surface area contributed by atoms with Crippen LogP contribution in [0.4, 0.5) is 0 Å². The number of rotatable bonds is 5. The number of nitrogens with two attached hydrogens (primary N) is 1. The predicted molar refractivity (Wildman–Crippen MR) is 71.6 cm³/mol. The van der Waals surface area contributed by atoms with Gasteiger partial charge < -0.3 is 21.3 Å². The van der Waals surface area contributed by atoms with Gasteiger partial charge in [-0.05, 0) is 0 Å². The first-order valence-electron chi connectivity index (χ1n) is 5.86. The quantitative estimate of drug-likeness (QED) is 0.438. The van der Waals surface area contributed by atoms with E-state index in [1.807, 2.05) is 0 Å². The van der Waals surface area contributed by atoms with Gasteiger partial charge in [0.15, 0.2) is 15.4 Å². The van der Waals surface area contributed by atoms with E-state index in [-0.39, 0.29) is 25.4 Å². The molecule has 0 aromatic carbocycles. The van der Waals surface area contributed by atoms with E-state index in [2.05, 4.69) is 5.32 Å². The summed E-state index contributed by atoms with van der Waals surface area (Å²) in [7, 11) is -3.87. The molecule has 5 N–H and O–H groups in total. The van der Waals surface area contributed by atoms with Gasteiger partial charge in [0.05, 0.1) is 16.9 Å². The number of sulfone groups is 1. The molecule has 0 bridgehead atoms. The largest absolute Gasteiger partial charge is 0.481 e. The van der Waals surface area contributed by atoms with Crippen LogP contribution in [0.1, 0.15) is 6.42 Å². The van der Waals surface area contributed by atoms with Gasteiger partial charge in [-0.15, -0.1) is 12.4 Å². The summed E-state index contributed by atoms with van der Waals surface area (Å²) in [4.78, 5) is 34.0. The maximum atomic E-state index is 11.9. The average Bonchev–Trinajstić information content (AvgIpc) is 2.99. The van der Waals surface area contributed by atoms with E-state index in [4.69, 9.17) is 10.8 Å². The number of hydrogen-bond acceptors (Lipinski definition) is 6. The normalized spacial score (nSPS) is 35.2. The molecule has 1 saturated carbocycles. The molecule has 9 nitrogen and oxygen atoms in total. The minimum absolute atomic E-state index is 0. The molecule has 4 atom stereocenters. The maximum absolute atomic E-state index is 11.9. The topological polar surface area (TPSA) is 164 Å². The lowest BCUT2D eigenvalue weighted by atomic mass is 9.93. The van der Waals surface area contributed by atoms with Crippen LogP contribution in [-0.4, -0.2) is 59.6 Å². The first kappa shape index (κ1) is 17.7. The van der Waals surface area contributed by atoms with Crippen molar-refractivity contribution in [3.8, 4) is 0 Å². The van der Waals surface area contributed by atoms with Crippen molar-refractivity contribution < 1.29 is 33.0 Å². The Hall–Kier alpha value is -1.39. The van der Waals surface area contributed by atoms with Crippen LogP contribution in [0.2, 0.25) is 0 Å². The molecule has 1 amide bonds. The van der Waals surface area contributed by atoms with Gasteiger partial charge in [-0.2, -0.15) is 0 Å². The Morgan fingerprint density at radius 2 is 1.86 bits per heavy atom. The minimum atomic E-state index is -3.87. The van der Waals surface area contributed by atoms with E-state index in [1.165, 1.54) is 0 Å². The molecular formula is C10H15ClN2O7S. The van der Waals surface area contributed by atoms with Crippen LogP contribution < -0.4 is 11.1 Å². The van der Waals surface area contributed by atoms with Crippen LogP contribution in [0.15, 0.2) is 0 Å². The van der Waals surface area contributed by atoms with E-state index in [1.54, 1.807) is 0 Å². The maximum Gasteiger partial charge on any atom is 0.330 e. The van der Waals surface area contributed by atoms with Crippen molar-refractivity contribution in [1.29, 1.82) is 0 Å². The standard InChI is InChI=1S/C10H14N2O7S.ClH/c11-2-1-4(13)12-10(9(16)17)3-20(18,19)7-5(6(7)10)8(14)15;/h5-7H,1-3,11H2,(H,12,13)(H,14,15)(H,16,17);1H/t5-,6-,7+,10+;/m1./s1. The zero-order chi connectivity index (χ0) is 15.3. The van der Waals surface area contributed by atoms with Crippen LogP contribution in [-0.2, 0) is 24.2 Å². The SMILES string of the molecule is Cl.NCCC(=O)N[C@@]1(C(=O)O)CS(=O)(=O)[C@H]2[C@H](C(=O)O)[C@H]21. The van der Waals surface area contributed by atoms with Gasteiger partial charge in [0.25, 0.3) is 0 Å². The molecule has 120 valence electrons. The Labute approximate surface area is 126 Å². The first-order chi connectivity index (χ1) is 9.17. The number of carboxylic acids is 2. The average molecular weight is 343 g/mol. The number of amides is 1. The Balaban J connectivity index is 0.00000220. The highest BCUT2D eigenvalue weighted by atomic mass is 35.5. The van der Waals surface area contributed by atoms with E-state index in [9.17, 15) is 27.9 Å². The van der Waals surface area contributed by atoms with Crippen molar-refractivity contribution in [3.05, 3.63) is 0 Å². The molecule has 0 aromatic heterocycles. The fraction of sp³-hybridized carbons (Fsp3) is 0.700. The fourth-order valence-electron chi connectivity index (χ4n) is 2.94. The molecule has 0 unspecified atom stereocenters.